The van der Waals surface area contributed by atoms with Crippen LogP contribution in [0.4, 0.5) is 24.5 Å². The summed E-state index contributed by atoms with van der Waals surface area (Å²) in [6.07, 6.45) is -1.13. The first-order chi connectivity index (χ1) is 14.6. The number of nitrogens with zero attached hydrogens (tertiary/aromatic N) is 1. The highest BCUT2D eigenvalue weighted by Gasteiger charge is 2.35. The van der Waals surface area contributed by atoms with Crippen molar-refractivity contribution >= 4 is 21.4 Å². The van der Waals surface area contributed by atoms with Gasteiger partial charge < -0.3 is 15.0 Å². The van der Waals surface area contributed by atoms with Crippen molar-refractivity contribution < 1.29 is 26.3 Å². The molecule has 0 spiro atoms. The molecule has 0 radical (unpaired) electrons. The molecule has 1 heterocycles. The first-order valence-electron chi connectivity index (χ1n) is 10.8. The lowest BCUT2D eigenvalue weighted by Gasteiger charge is -2.32. The first-order valence-corrected chi connectivity index (χ1v) is 12.4. The van der Waals surface area contributed by atoms with Gasteiger partial charge >= 0.3 is 6.18 Å². The van der Waals surface area contributed by atoms with Crippen LogP contribution in [0.2, 0.25) is 0 Å². The lowest BCUT2D eigenvalue weighted by molar-refractivity contribution is -0.137. The van der Waals surface area contributed by atoms with Gasteiger partial charge in [-0.3, -0.25) is 0 Å². The summed E-state index contributed by atoms with van der Waals surface area (Å²) < 4.78 is 72.6. The van der Waals surface area contributed by atoms with Crippen LogP contribution in [0, 0.1) is 5.92 Å². The number of benzene rings is 1. The molecule has 176 valence electrons. The summed E-state index contributed by atoms with van der Waals surface area (Å²) >= 11 is 0. The van der Waals surface area contributed by atoms with E-state index < -0.39 is 27.0 Å². The van der Waals surface area contributed by atoms with E-state index in [9.17, 15) is 21.6 Å². The van der Waals surface area contributed by atoms with Crippen LogP contribution in [0.3, 0.4) is 0 Å². The van der Waals surface area contributed by atoms with Crippen molar-refractivity contribution in [3.8, 4) is 0 Å². The van der Waals surface area contributed by atoms with Crippen molar-refractivity contribution in [2.24, 2.45) is 5.92 Å². The lowest BCUT2D eigenvalue weighted by Crippen LogP contribution is -2.41. The molecule has 2 aliphatic rings. The van der Waals surface area contributed by atoms with Gasteiger partial charge in [0.05, 0.1) is 29.7 Å². The summed E-state index contributed by atoms with van der Waals surface area (Å²) in [4.78, 5) is 1.73. The lowest BCUT2D eigenvalue weighted by atomic mass is 9.86. The van der Waals surface area contributed by atoms with Gasteiger partial charge in [0.2, 0.25) is 10.0 Å². The van der Waals surface area contributed by atoms with Gasteiger partial charge in [-0.15, -0.1) is 0 Å². The Morgan fingerprint density at radius 2 is 1.77 bits per heavy atom. The van der Waals surface area contributed by atoms with E-state index in [1.54, 1.807) is 24.8 Å². The van der Waals surface area contributed by atoms with Crippen molar-refractivity contribution in [2.75, 3.05) is 43.1 Å². The minimum absolute atomic E-state index is 0.0392. The van der Waals surface area contributed by atoms with Crippen molar-refractivity contribution in [3.63, 3.8) is 0 Å². The highest BCUT2D eigenvalue weighted by atomic mass is 32.2. The van der Waals surface area contributed by atoms with Crippen LogP contribution in [0.1, 0.15) is 45.1 Å². The number of halogens is 3. The summed E-state index contributed by atoms with van der Waals surface area (Å²) in [5, 5.41) is 2.84. The van der Waals surface area contributed by atoms with Gasteiger partial charge in [-0.2, -0.15) is 13.2 Å². The van der Waals surface area contributed by atoms with Crippen LogP contribution in [0.5, 0.6) is 0 Å². The molecule has 1 saturated carbocycles. The van der Waals surface area contributed by atoms with Gasteiger partial charge in [0.25, 0.3) is 0 Å². The number of alkyl halides is 3. The zero-order valence-corrected chi connectivity index (χ0v) is 18.9. The third kappa shape index (κ3) is 6.49. The standard InChI is InChI=1S/C21H32F3N3O3S/c1-15(2)31(28,29)26-17-5-3-16(4-6-17)14-25-18-7-8-19(21(22,23)24)20(13-18)27-9-11-30-12-10-27/h7-8,13,15-17,25-26H,3-6,9-12,14H2,1-2H3. The molecule has 1 aliphatic carbocycles. The molecule has 0 unspecified atom stereocenters. The predicted molar refractivity (Wildman–Crippen MR) is 116 cm³/mol. The first kappa shape index (κ1) is 24.1. The number of hydrogen-bond donors (Lipinski definition) is 2. The molecule has 6 nitrogen and oxygen atoms in total. The SMILES string of the molecule is CC(C)S(=O)(=O)NC1CCC(CNc2ccc(C(F)(F)F)c(N3CCOCC3)c2)CC1. The molecule has 1 aromatic carbocycles. The summed E-state index contributed by atoms with van der Waals surface area (Å²) in [6.45, 7) is 5.67. The fraction of sp³-hybridized carbons (Fsp3) is 0.714. The van der Waals surface area contributed by atoms with Gasteiger partial charge in [0.1, 0.15) is 0 Å². The zero-order valence-electron chi connectivity index (χ0n) is 18.0. The van der Waals surface area contributed by atoms with E-state index in [0.29, 0.717) is 44.5 Å². The topological polar surface area (TPSA) is 70.7 Å². The highest BCUT2D eigenvalue weighted by molar-refractivity contribution is 7.90. The van der Waals surface area contributed by atoms with E-state index in [-0.39, 0.29) is 11.7 Å². The molecule has 31 heavy (non-hydrogen) atoms. The number of sulfonamides is 1. The van der Waals surface area contributed by atoms with Crippen molar-refractivity contribution in [2.45, 2.75) is 57.0 Å². The minimum Gasteiger partial charge on any atom is -0.385 e. The zero-order chi connectivity index (χ0) is 22.6. The molecule has 1 saturated heterocycles. The molecule has 0 atom stereocenters. The second kappa shape index (κ2) is 9.95. The normalized spacial score (nSPS) is 23.2. The van der Waals surface area contributed by atoms with Crippen LogP contribution in [0.25, 0.3) is 0 Å². The smallest absolute Gasteiger partial charge is 0.385 e. The molecule has 10 heteroatoms. The Kier molecular flexibility index (Phi) is 7.75. The van der Waals surface area contributed by atoms with E-state index in [4.69, 9.17) is 4.74 Å². The Labute approximate surface area is 182 Å². The molecule has 3 rings (SSSR count). The summed E-state index contributed by atoms with van der Waals surface area (Å²) in [6, 6.07) is 4.17. The van der Waals surface area contributed by atoms with Crippen LogP contribution in [0.15, 0.2) is 18.2 Å². The number of hydrogen-bond acceptors (Lipinski definition) is 5. The maximum atomic E-state index is 13.5. The van der Waals surface area contributed by atoms with Crippen molar-refractivity contribution in [3.05, 3.63) is 23.8 Å². The molecule has 0 amide bonds. The van der Waals surface area contributed by atoms with Gasteiger partial charge in [0.15, 0.2) is 0 Å². The fourth-order valence-corrected chi connectivity index (χ4v) is 5.03. The van der Waals surface area contributed by atoms with Crippen LogP contribution in [-0.4, -0.2) is 52.6 Å². The second-order valence-corrected chi connectivity index (χ2v) is 10.9. The van der Waals surface area contributed by atoms with Gasteiger partial charge in [0, 0.05) is 31.4 Å². The van der Waals surface area contributed by atoms with E-state index in [2.05, 4.69) is 10.0 Å². The Bertz CT molecular complexity index is 832. The van der Waals surface area contributed by atoms with E-state index >= 15 is 0 Å². The van der Waals surface area contributed by atoms with E-state index in [1.165, 1.54) is 6.07 Å². The number of nitrogens with one attached hydrogen (secondary N) is 2. The Morgan fingerprint density at radius 1 is 1.13 bits per heavy atom. The van der Waals surface area contributed by atoms with Crippen molar-refractivity contribution in [1.29, 1.82) is 0 Å². The average molecular weight is 464 g/mol. The maximum absolute atomic E-state index is 13.5. The predicted octanol–water partition coefficient (Wildman–Crippen LogP) is 3.84. The quantitative estimate of drug-likeness (QED) is 0.643. The van der Waals surface area contributed by atoms with Gasteiger partial charge in [-0.1, -0.05) is 0 Å². The Hall–Kier alpha value is -1.52. The van der Waals surface area contributed by atoms with E-state index in [0.717, 1.165) is 31.7 Å². The summed E-state index contributed by atoms with van der Waals surface area (Å²) in [5.41, 5.74) is 0.225. The maximum Gasteiger partial charge on any atom is 0.418 e. The third-order valence-electron chi connectivity index (χ3n) is 6.05. The van der Waals surface area contributed by atoms with Crippen LogP contribution in [-0.2, 0) is 20.9 Å². The molecule has 0 aromatic heterocycles. The monoisotopic (exact) mass is 463 g/mol. The molecule has 2 N–H and O–H groups in total. The van der Waals surface area contributed by atoms with Crippen LogP contribution < -0.4 is 14.9 Å². The number of morpholine rings is 1. The molecule has 2 fully saturated rings. The summed E-state index contributed by atoms with van der Waals surface area (Å²) in [7, 11) is -3.27. The number of rotatable bonds is 7. The highest BCUT2D eigenvalue weighted by Crippen LogP contribution is 2.38. The Balaban J connectivity index is 1.58. The third-order valence-corrected chi connectivity index (χ3v) is 7.95. The summed E-state index contributed by atoms with van der Waals surface area (Å²) in [5.74, 6) is 0.355. The van der Waals surface area contributed by atoms with Gasteiger partial charge in [-0.25, -0.2) is 13.1 Å². The second-order valence-electron chi connectivity index (χ2n) is 8.64. The Morgan fingerprint density at radius 3 is 2.35 bits per heavy atom. The molecule has 0 bridgehead atoms. The van der Waals surface area contributed by atoms with Crippen LogP contribution >= 0.6 is 0 Å². The minimum atomic E-state index is -4.41. The average Bonchev–Trinajstić information content (AvgIpc) is 2.72. The number of anilines is 2. The largest absolute Gasteiger partial charge is 0.418 e. The number of ether oxygens (including phenoxy) is 1. The van der Waals surface area contributed by atoms with Gasteiger partial charge in [-0.05, 0) is 63.6 Å². The molecule has 1 aromatic rings. The molecule has 1 aliphatic heterocycles. The van der Waals surface area contributed by atoms with Crippen molar-refractivity contribution in [1.82, 2.24) is 4.72 Å². The van der Waals surface area contributed by atoms with E-state index in [1.807, 2.05) is 0 Å². The fourth-order valence-electron chi connectivity index (χ4n) is 4.06. The molecular weight excluding hydrogens is 431 g/mol. The molecular formula is C21H32F3N3O3S.